The lowest BCUT2D eigenvalue weighted by molar-refractivity contribution is -0.115. The van der Waals surface area contributed by atoms with Crippen molar-refractivity contribution in [1.29, 1.82) is 0 Å². The summed E-state index contributed by atoms with van der Waals surface area (Å²) in [6.07, 6.45) is 5.27. The summed E-state index contributed by atoms with van der Waals surface area (Å²) < 4.78 is 1.14. The Kier molecular flexibility index (Phi) is 4.73. The molecule has 0 spiro atoms. The summed E-state index contributed by atoms with van der Waals surface area (Å²) in [7, 11) is 0. The van der Waals surface area contributed by atoms with Gasteiger partial charge in [-0.15, -0.1) is 11.8 Å². The minimum atomic E-state index is -0.0331. The molecule has 2 N–H and O–H groups in total. The second-order valence-corrected chi connectivity index (χ2v) is 7.40. The van der Waals surface area contributed by atoms with Crippen molar-refractivity contribution in [2.24, 2.45) is 0 Å². The molecule has 3 aromatic rings. The number of nitrogens with one attached hydrogen (secondary N) is 2. The maximum absolute atomic E-state index is 12.3. The minimum absolute atomic E-state index is 0.0331. The first-order chi connectivity index (χ1) is 11.1. The topological polar surface area (TPSA) is 57.8 Å². The fraction of sp³-hybridized carbons (Fsp3) is 0.294. The van der Waals surface area contributed by atoms with E-state index in [2.05, 4.69) is 34.3 Å². The molecular formula is C17H19N3OS2. The molecule has 2 aromatic heterocycles. The van der Waals surface area contributed by atoms with E-state index in [1.54, 1.807) is 11.8 Å². The molecule has 3 rings (SSSR count). The van der Waals surface area contributed by atoms with Crippen LogP contribution in [0.25, 0.3) is 10.9 Å². The van der Waals surface area contributed by atoms with Gasteiger partial charge in [0.15, 0.2) is 5.13 Å². The average Bonchev–Trinajstić information content (AvgIpc) is 3.10. The SMILES string of the molecule is CCc1cccc2c(CC(=O)Nc3nc(C)c(SC)s3)c[nH]c12. The molecule has 0 aliphatic rings. The summed E-state index contributed by atoms with van der Waals surface area (Å²) in [5, 5.41) is 4.71. The predicted molar refractivity (Wildman–Crippen MR) is 98.6 cm³/mol. The number of nitrogens with zero attached hydrogens (tertiary/aromatic N) is 1. The Morgan fingerprint density at radius 3 is 2.91 bits per heavy atom. The van der Waals surface area contributed by atoms with Crippen molar-refractivity contribution < 1.29 is 4.79 Å². The zero-order valence-electron chi connectivity index (χ0n) is 13.4. The summed E-state index contributed by atoms with van der Waals surface area (Å²) in [4.78, 5) is 20.0. The van der Waals surface area contributed by atoms with Crippen LogP contribution in [-0.2, 0) is 17.6 Å². The van der Waals surface area contributed by atoms with Crippen LogP contribution in [-0.4, -0.2) is 22.1 Å². The van der Waals surface area contributed by atoms with E-state index in [1.165, 1.54) is 16.9 Å². The van der Waals surface area contributed by atoms with Gasteiger partial charge in [-0.3, -0.25) is 4.79 Å². The largest absolute Gasteiger partial charge is 0.361 e. The molecule has 4 nitrogen and oxygen atoms in total. The summed E-state index contributed by atoms with van der Waals surface area (Å²) in [5.41, 5.74) is 4.39. The van der Waals surface area contributed by atoms with E-state index in [0.717, 1.165) is 32.8 Å². The smallest absolute Gasteiger partial charge is 0.230 e. The van der Waals surface area contributed by atoms with Gasteiger partial charge in [0.05, 0.1) is 16.3 Å². The number of anilines is 1. The van der Waals surface area contributed by atoms with Crippen molar-refractivity contribution in [2.75, 3.05) is 11.6 Å². The highest BCUT2D eigenvalue weighted by atomic mass is 32.2. The number of thioether (sulfide) groups is 1. The highest BCUT2D eigenvalue weighted by Gasteiger charge is 2.13. The molecule has 0 saturated heterocycles. The van der Waals surface area contributed by atoms with Crippen LogP contribution in [0.3, 0.4) is 0 Å². The van der Waals surface area contributed by atoms with Gasteiger partial charge in [0.25, 0.3) is 0 Å². The van der Waals surface area contributed by atoms with E-state index in [0.29, 0.717) is 11.6 Å². The number of aromatic nitrogens is 2. The van der Waals surface area contributed by atoms with Gasteiger partial charge in [0.2, 0.25) is 5.91 Å². The van der Waals surface area contributed by atoms with E-state index in [1.807, 2.05) is 25.4 Å². The lowest BCUT2D eigenvalue weighted by Gasteiger charge is -2.02. The summed E-state index contributed by atoms with van der Waals surface area (Å²) in [6, 6.07) is 6.23. The molecule has 23 heavy (non-hydrogen) atoms. The molecule has 120 valence electrons. The average molecular weight is 345 g/mol. The monoisotopic (exact) mass is 345 g/mol. The molecule has 6 heteroatoms. The molecular weight excluding hydrogens is 326 g/mol. The number of thiazole rings is 1. The number of benzene rings is 1. The van der Waals surface area contributed by atoms with Crippen molar-refractivity contribution in [2.45, 2.75) is 30.9 Å². The fourth-order valence-corrected chi connectivity index (χ4v) is 4.31. The first-order valence-corrected chi connectivity index (χ1v) is 9.55. The molecule has 0 radical (unpaired) electrons. The number of carbonyl (C=O) groups excluding carboxylic acids is 1. The second-order valence-electron chi connectivity index (χ2n) is 5.33. The summed E-state index contributed by atoms with van der Waals surface area (Å²) >= 11 is 3.18. The molecule has 0 aliphatic carbocycles. The van der Waals surface area contributed by atoms with Crippen molar-refractivity contribution in [3.8, 4) is 0 Å². The molecule has 1 amide bonds. The Labute approximate surface area is 143 Å². The van der Waals surface area contributed by atoms with Gasteiger partial charge in [-0.2, -0.15) is 0 Å². The third kappa shape index (κ3) is 3.28. The van der Waals surface area contributed by atoms with E-state index in [9.17, 15) is 4.79 Å². The van der Waals surface area contributed by atoms with Crippen molar-refractivity contribution in [3.05, 3.63) is 41.2 Å². The van der Waals surface area contributed by atoms with Crippen molar-refractivity contribution >= 4 is 45.0 Å². The number of hydrogen-bond acceptors (Lipinski definition) is 4. The number of aromatic amines is 1. The Morgan fingerprint density at radius 2 is 2.22 bits per heavy atom. The predicted octanol–water partition coefficient (Wildman–Crippen LogP) is 4.40. The molecule has 1 aromatic carbocycles. The number of H-pyrrole nitrogens is 1. The quantitative estimate of drug-likeness (QED) is 0.674. The lowest BCUT2D eigenvalue weighted by atomic mass is 10.1. The molecule has 0 unspecified atom stereocenters. The van der Waals surface area contributed by atoms with Crippen molar-refractivity contribution in [1.82, 2.24) is 9.97 Å². The zero-order chi connectivity index (χ0) is 16.4. The van der Waals surface area contributed by atoms with E-state index < -0.39 is 0 Å². The normalized spacial score (nSPS) is 11.1. The fourth-order valence-electron chi connectivity index (χ4n) is 2.68. The van der Waals surface area contributed by atoms with Crippen LogP contribution in [0.2, 0.25) is 0 Å². The molecule has 0 aliphatic heterocycles. The first kappa shape index (κ1) is 16.1. The van der Waals surface area contributed by atoms with Gasteiger partial charge in [-0.25, -0.2) is 4.98 Å². The van der Waals surface area contributed by atoms with Gasteiger partial charge >= 0.3 is 0 Å². The Morgan fingerprint density at radius 1 is 1.39 bits per heavy atom. The Hall–Kier alpha value is -1.79. The Bertz CT molecular complexity index is 851. The number of carbonyl (C=O) groups is 1. The highest BCUT2D eigenvalue weighted by Crippen LogP contribution is 2.30. The Balaban J connectivity index is 1.77. The van der Waals surface area contributed by atoms with E-state index >= 15 is 0 Å². The molecule has 2 heterocycles. The summed E-state index contributed by atoms with van der Waals surface area (Å²) in [5.74, 6) is -0.0331. The lowest BCUT2D eigenvalue weighted by Crippen LogP contribution is -2.14. The minimum Gasteiger partial charge on any atom is -0.361 e. The van der Waals surface area contributed by atoms with Gasteiger partial charge in [-0.05, 0) is 30.7 Å². The summed E-state index contributed by atoms with van der Waals surface area (Å²) in [6.45, 7) is 4.10. The third-order valence-corrected chi connectivity index (χ3v) is 6.09. The van der Waals surface area contributed by atoms with Crippen LogP contribution >= 0.6 is 23.1 Å². The molecule has 0 fully saturated rings. The number of amides is 1. The van der Waals surface area contributed by atoms with Crippen molar-refractivity contribution in [3.63, 3.8) is 0 Å². The first-order valence-electron chi connectivity index (χ1n) is 7.51. The van der Waals surface area contributed by atoms with Crippen LogP contribution in [0.15, 0.2) is 28.6 Å². The third-order valence-electron chi connectivity index (χ3n) is 3.81. The molecule has 0 bridgehead atoms. The van der Waals surface area contributed by atoms with Gasteiger partial charge in [0, 0.05) is 17.1 Å². The number of rotatable bonds is 5. The van der Waals surface area contributed by atoms with E-state index in [-0.39, 0.29) is 5.91 Å². The van der Waals surface area contributed by atoms with Crippen LogP contribution < -0.4 is 5.32 Å². The number of hydrogen-bond donors (Lipinski definition) is 2. The number of fused-ring (bicyclic) bond motifs is 1. The molecule has 0 atom stereocenters. The molecule has 0 saturated carbocycles. The zero-order valence-corrected chi connectivity index (χ0v) is 15.0. The second kappa shape index (κ2) is 6.76. The van der Waals surface area contributed by atoms with Crippen LogP contribution in [0.1, 0.15) is 23.7 Å². The number of aryl methyl sites for hydroxylation is 2. The maximum atomic E-state index is 12.3. The van der Waals surface area contributed by atoms with E-state index in [4.69, 9.17) is 0 Å². The van der Waals surface area contributed by atoms with Gasteiger partial charge in [-0.1, -0.05) is 36.5 Å². The van der Waals surface area contributed by atoms with Crippen LogP contribution in [0.4, 0.5) is 5.13 Å². The van der Waals surface area contributed by atoms with Gasteiger partial charge < -0.3 is 10.3 Å². The maximum Gasteiger partial charge on any atom is 0.230 e. The van der Waals surface area contributed by atoms with Crippen LogP contribution in [0, 0.1) is 6.92 Å². The highest BCUT2D eigenvalue weighted by molar-refractivity contribution is 8.00. The number of para-hydroxylation sites is 1. The van der Waals surface area contributed by atoms with Crippen LogP contribution in [0.5, 0.6) is 0 Å². The standard InChI is InChI=1S/C17H19N3OS2/c1-4-11-6-5-7-13-12(9-18-15(11)13)8-14(21)20-17-19-10(2)16(22-3)23-17/h5-7,9,18H,4,8H2,1-3H3,(H,19,20,21). The van der Waals surface area contributed by atoms with Gasteiger partial charge in [0.1, 0.15) is 0 Å².